The van der Waals surface area contributed by atoms with Crippen molar-refractivity contribution in [2.45, 2.75) is 26.8 Å². The third-order valence-electron chi connectivity index (χ3n) is 2.29. The van der Waals surface area contributed by atoms with Crippen molar-refractivity contribution < 1.29 is 13.2 Å². The fourth-order valence-corrected chi connectivity index (χ4v) is 2.67. The zero-order chi connectivity index (χ0) is 13.2. The Kier molecular flexibility index (Phi) is 3.92. The molecule has 1 amide bonds. The summed E-state index contributed by atoms with van der Waals surface area (Å²) in [6.07, 6.45) is 1.14. The van der Waals surface area contributed by atoms with Crippen molar-refractivity contribution >= 4 is 15.7 Å². The van der Waals surface area contributed by atoms with E-state index in [-0.39, 0.29) is 11.7 Å². The molecule has 1 rings (SSSR count). The van der Waals surface area contributed by atoms with Crippen LogP contribution in [0.3, 0.4) is 0 Å². The lowest BCUT2D eigenvalue weighted by Crippen LogP contribution is -2.37. The standard InChI is InChI=1S/C10H17N3O3S/c1-6(5-17(4,15)16)11-10(14)9-7(2)12-13-8(9)3/h6H,5H2,1-4H3,(H,11,14)(H,12,13). The summed E-state index contributed by atoms with van der Waals surface area (Å²) in [5, 5.41) is 9.27. The fourth-order valence-electron chi connectivity index (χ4n) is 1.68. The fraction of sp³-hybridized carbons (Fsp3) is 0.600. The molecule has 6 nitrogen and oxygen atoms in total. The number of H-pyrrole nitrogens is 1. The Morgan fingerprint density at radius 1 is 1.47 bits per heavy atom. The van der Waals surface area contributed by atoms with Crippen LogP contribution in [0.15, 0.2) is 0 Å². The molecule has 17 heavy (non-hydrogen) atoms. The van der Waals surface area contributed by atoms with Crippen molar-refractivity contribution in [1.82, 2.24) is 15.5 Å². The van der Waals surface area contributed by atoms with Crippen LogP contribution in [0.2, 0.25) is 0 Å². The van der Waals surface area contributed by atoms with Gasteiger partial charge in [-0.1, -0.05) is 0 Å². The number of carbonyl (C=O) groups is 1. The maximum absolute atomic E-state index is 11.9. The summed E-state index contributed by atoms with van der Waals surface area (Å²) < 4.78 is 22.1. The molecule has 0 saturated heterocycles. The van der Waals surface area contributed by atoms with E-state index in [9.17, 15) is 13.2 Å². The number of aryl methyl sites for hydroxylation is 2. The van der Waals surface area contributed by atoms with Crippen LogP contribution in [0, 0.1) is 13.8 Å². The van der Waals surface area contributed by atoms with Gasteiger partial charge in [0.15, 0.2) is 0 Å². The summed E-state index contributed by atoms with van der Waals surface area (Å²) in [7, 11) is -3.10. The van der Waals surface area contributed by atoms with Crippen LogP contribution in [0.1, 0.15) is 28.7 Å². The van der Waals surface area contributed by atoms with Crippen LogP contribution < -0.4 is 5.32 Å². The van der Waals surface area contributed by atoms with Crippen LogP contribution in [0.25, 0.3) is 0 Å². The minimum atomic E-state index is -3.10. The van der Waals surface area contributed by atoms with Gasteiger partial charge >= 0.3 is 0 Å². The number of aromatic amines is 1. The second kappa shape index (κ2) is 4.87. The Bertz CT molecular complexity index is 499. The van der Waals surface area contributed by atoms with Gasteiger partial charge in [-0.25, -0.2) is 8.42 Å². The smallest absolute Gasteiger partial charge is 0.255 e. The van der Waals surface area contributed by atoms with Gasteiger partial charge in [0, 0.05) is 18.0 Å². The molecule has 0 aliphatic rings. The molecule has 0 fully saturated rings. The average Bonchev–Trinajstić information content (AvgIpc) is 2.42. The average molecular weight is 259 g/mol. The van der Waals surface area contributed by atoms with E-state index in [0.717, 1.165) is 6.26 Å². The van der Waals surface area contributed by atoms with Crippen molar-refractivity contribution in [2.75, 3.05) is 12.0 Å². The van der Waals surface area contributed by atoms with Crippen molar-refractivity contribution in [1.29, 1.82) is 0 Å². The van der Waals surface area contributed by atoms with Gasteiger partial charge in [-0.2, -0.15) is 5.10 Å². The first-order valence-corrected chi connectivity index (χ1v) is 7.27. The Hall–Kier alpha value is -1.37. The van der Waals surface area contributed by atoms with E-state index in [4.69, 9.17) is 0 Å². The summed E-state index contributed by atoms with van der Waals surface area (Å²) in [6.45, 7) is 5.12. The first-order valence-electron chi connectivity index (χ1n) is 5.21. The van der Waals surface area contributed by atoms with Crippen molar-refractivity contribution in [2.24, 2.45) is 0 Å². The minimum absolute atomic E-state index is 0.0747. The first kappa shape index (κ1) is 13.7. The highest BCUT2D eigenvalue weighted by molar-refractivity contribution is 7.90. The topological polar surface area (TPSA) is 91.9 Å². The number of amides is 1. The van der Waals surface area contributed by atoms with E-state index in [1.54, 1.807) is 20.8 Å². The van der Waals surface area contributed by atoms with E-state index in [1.165, 1.54) is 0 Å². The van der Waals surface area contributed by atoms with Crippen molar-refractivity contribution in [3.05, 3.63) is 17.0 Å². The molecule has 1 atom stereocenters. The molecule has 1 aromatic rings. The van der Waals surface area contributed by atoms with Gasteiger partial charge in [0.1, 0.15) is 9.84 Å². The summed E-state index contributed by atoms with van der Waals surface area (Å²) in [5.74, 6) is -0.376. The molecule has 0 spiro atoms. The van der Waals surface area contributed by atoms with Crippen LogP contribution >= 0.6 is 0 Å². The summed E-state index contributed by atoms with van der Waals surface area (Å²) in [6, 6.07) is -0.425. The monoisotopic (exact) mass is 259 g/mol. The molecular formula is C10H17N3O3S. The Morgan fingerprint density at radius 3 is 2.47 bits per heavy atom. The molecule has 1 aromatic heterocycles. The number of hydrogen-bond acceptors (Lipinski definition) is 4. The van der Waals surface area contributed by atoms with Gasteiger partial charge < -0.3 is 5.32 Å². The molecule has 96 valence electrons. The number of rotatable bonds is 4. The third kappa shape index (κ3) is 3.85. The zero-order valence-electron chi connectivity index (χ0n) is 10.4. The summed E-state index contributed by atoms with van der Waals surface area (Å²) >= 11 is 0. The Morgan fingerprint density at radius 2 is 2.06 bits per heavy atom. The highest BCUT2D eigenvalue weighted by Crippen LogP contribution is 2.09. The van der Waals surface area contributed by atoms with Gasteiger partial charge in [-0.3, -0.25) is 9.89 Å². The lowest BCUT2D eigenvalue weighted by molar-refractivity contribution is 0.0942. The highest BCUT2D eigenvalue weighted by atomic mass is 32.2. The molecule has 0 bridgehead atoms. The largest absolute Gasteiger partial charge is 0.348 e. The number of hydrogen-bond donors (Lipinski definition) is 2. The number of aromatic nitrogens is 2. The first-order chi connectivity index (χ1) is 7.70. The number of carbonyl (C=O) groups excluding carboxylic acids is 1. The quantitative estimate of drug-likeness (QED) is 0.807. The van der Waals surface area contributed by atoms with Crippen LogP contribution in [0.4, 0.5) is 0 Å². The van der Waals surface area contributed by atoms with Crippen molar-refractivity contribution in [3.63, 3.8) is 0 Å². The van der Waals surface area contributed by atoms with E-state index in [1.807, 2.05) is 0 Å². The molecule has 0 aromatic carbocycles. The van der Waals surface area contributed by atoms with Crippen LogP contribution in [0.5, 0.6) is 0 Å². The SMILES string of the molecule is Cc1n[nH]c(C)c1C(=O)NC(C)CS(C)(=O)=O. The minimum Gasteiger partial charge on any atom is -0.348 e. The number of sulfone groups is 1. The molecule has 0 saturated carbocycles. The Labute approximate surface area is 101 Å². The van der Waals surface area contributed by atoms with E-state index < -0.39 is 15.9 Å². The third-order valence-corrected chi connectivity index (χ3v) is 3.39. The van der Waals surface area contributed by atoms with E-state index in [0.29, 0.717) is 17.0 Å². The number of nitrogens with zero attached hydrogens (tertiary/aromatic N) is 1. The van der Waals surface area contributed by atoms with Gasteiger partial charge in [0.05, 0.1) is 17.0 Å². The lowest BCUT2D eigenvalue weighted by atomic mass is 10.2. The molecule has 1 unspecified atom stereocenters. The van der Waals surface area contributed by atoms with Gasteiger partial charge in [0.25, 0.3) is 5.91 Å². The molecule has 0 radical (unpaired) electrons. The van der Waals surface area contributed by atoms with Crippen molar-refractivity contribution in [3.8, 4) is 0 Å². The Balaban J connectivity index is 2.74. The van der Waals surface area contributed by atoms with Crippen LogP contribution in [-0.4, -0.2) is 42.6 Å². The van der Waals surface area contributed by atoms with Gasteiger partial charge in [0.2, 0.25) is 0 Å². The maximum Gasteiger partial charge on any atom is 0.255 e. The predicted octanol–water partition coefficient (Wildman–Crippen LogP) is 0.189. The normalized spacial score (nSPS) is 13.4. The molecule has 0 aliphatic carbocycles. The summed E-state index contributed by atoms with van der Waals surface area (Å²) in [5.41, 5.74) is 1.75. The maximum atomic E-state index is 11.9. The van der Waals surface area contributed by atoms with E-state index >= 15 is 0 Å². The van der Waals surface area contributed by atoms with Gasteiger partial charge in [-0.05, 0) is 20.8 Å². The van der Waals surface area contributed by atoms with E-state index in [2.05, 4.69) is 15.5 Å². The highest BCUT2D eigenvalue weighted by Gasteiger charge is 2.18. The lowest BCUT2D eigenvalue weighted by Gasteiger charge is -2.12. The van der Waals surface area contributed by atoms with Gasteiger partial charge in [-0.15, -0.1) is 0 Å². The molecule has 1 heterocycles. The molecule has 7 heteroatoms. The number of nitrogens with one attached hydrogen (secondary N) is 2. The zero-order valence-corrected chi connectivity index (χ0v) is 11.2. The van der Waals surface area contributed by atoms with Crippen LogP contribution in [-0.2, 0) is 9.84 Å². The molecule has 2 N–H and O–H groups in total. The molecule has 0 aliphatic heterocycles. The molecular weight excluding hydrogens is 242 g/mol. The second-order valence-electron chi connectivity index (χ2n) is 4.28. The predicted molar refractivity (Wildman–Crippen MR) is 64.7 cm³/mol. The summed E-state index contributed by atoms with van der Waals surface area (Å²) in [4.78, 5) is 11.9. The second-order valence-corrected chi connectivity index (χ2v) is 6.46.